The number of rotatable bonds is 2. The van der Waals surface area contributed by atoms with Crippen molar-refractivity contribution in [3.05, 3.63) is 0 Å². The first-order chi connectivity index (χ1) is 7.40. The standard InChI is InChI=1S/C13H24N2/c14-9-11-5-6-13(11)15-8-7-10-3-1-2-4-12(10)15/h10-13H,1-9,14H2. The Kier molecular flexibility index (Phi) is 2.73. The predicted octanol–water partition coefficient (Wildman–Crippen LogP) is 1.99. The molecule has 4 atom stereocenters. The first-order valence-corrected chi connectivity index (χ1v) is 6.86. The molecule has 15 heavy (non-hydrogen) atoms. The maximum absolute atomic E-state index is 5.83. The van der Waals surface area contributed by atoms with Gasteiger partial charge >= 0.3 is 0 Å². The lowest BCUT2D eigenvalue weighted by atomic mass is 9.77. The largest absolute Gasteiger partial charge is 0.330 e. The van der Waals surface area contributed by atoms with Crippen LogP contribution in [-0.4, -0.2) is 30.1 Å². The number of hydrogen-bond acceptors (Lipinski definition) is 2. The van der Waals surface area contributed by atoms with Crippen molar-refractivity contribution >= 4 is 0 Å². The third-order valence-electron chi connectivity index (χ3n) is 5.16. The maximum Gasteiger partial charge on any atom is 0.0139 e. The van der Waals surface area contributed by atoms with Crippen LogP contribution in [-0.2, 0) is 0 Å². The third kappa shape index (κ3) is 1.62. The van der Waals surface area contributed by atoms with E-state index in [1.165, 1.54) is 51.5 Å². The highest BCUT2D eigenvalue weighted by Gasteiger charge is 2.43. The lowest BCUT2D eigenvalue weighted by Gasteiger charge is -2.46. The molecule has 3 rings (SSSR count). The summed E-state index contributed by atoms with van der Waals surface area (Å²) in [5, 5.41) is 0. The zero-order chi connectivity index (χ0) is 10.3. The summed E-state index contributed by atoms with van der Waals surface area (Å²) in [6.07, 6.45) is 10.2. The molecule has 3 aliphatic rings. The lowest BCUT2D eigenvalue weighted by molar-refractivity contribution is 0.0377. The molecule has 1 heterocycles. The van der Waals surface area contributed by atoms with E-state index in [0.29, 0.717) is 0 Å². The van der Waals surface area contributed by atoms with Crippen LogP contribution in [0.3, 0.4) is 0 Å². The van der Waals surface area contributed by atoms with E-state index in [2.05, 4.69) is 4.90 Å². The van der Waals surface area contributed by atoms with Gasteiger partial charge in [0.2, 0.25) is 0 Å². The number of nitrogens with two attached hydrogens (primary N) is 1. The predicted molar refractivity (Wildman–Crippen MR) is 62.6 cm³/mol. The van der Waals surface area contributed by atoms with Gasteiger partial charge in [0.15, 0.2) is 0 Å². The van der Waals surface area contributed by atoms with Gasteiger partial charge in [0.25, 0.3) is 0 Å². The Morgan fingerprint density at radius 3 is 2.53 bits per heavy atom. The second-order valence-corrected chi connectivity index (χ2v) is 5.78. The van der Waals surface area contributed by atoms with Crippen molar-refractivity contribution < 1.29 is 0 Å². The van der Waals surface area contributed by atoms with Crippen molar-refractivity contribution in [3.8, 4) is 0 Å². The highest BCUT2D eigenvalue weighted by atomic mass is 15.2. The molecule has 1 aliphatic heterocycles. The molecule has 0 aromatic carbocycles. The zero-order valence-electron chi connectivity index (χ0n) is 9.70. The van der Waals surface area contributed by atoms with Crippen LogP contribution in [0.2, 0.25) is 0 Å². The average Bonchev–Trinajstić information content (AvgIpc) is 2.62. The van der Waals surface area contributed by atoms with E-state index in [0.717, 1.165) is 30.5 Å². The maximum atomic E-state index is 5.83. The summed E-state index contributed by atoms with van der Waals surface area (Å²) in [7, 11) is 0. The van der Waals surface area contributed by atoms with Gasteiger partial charge in [-0.1, -0.05) is 12.8 Å². The van der Waals surface area contributed by atoms with Crippen LogP contribution in [0.5, 0.6) is 0 Å². The molecule has 0 aromatic heterocycles. The normalized spacial score (nSPS) is 46.2. The molecule has 0 spiro atoms. The second kappa shape index (κ2) is 4.06. The van der Waals surface area contributed by atoms with E-state index in [1.807, 2.05) is 0 Å². The molecule has 0 radical (unpaired) electrons. The molecule has 0 bridgehead atoms. The van der Waals surface area contributed by atoms with Crippen molar-refractivity contribution in [1.82, 2.24) is 4.90 Å². The van der Waals surface area contributed by atoms with Crippen LogP contribution in [0.1, 0.15) is 44.9 Å². The van der Waals surface area contributed by atoms with Gasteiger partial charge in [0, 0.05) is 12.1 Å². The Hall–Kier alpha value is -0.0800. The van der Waals surface area contributed by atoms with Gasteiger partial charge < -0.3 is 5.73 Å². The number of nitrogens with zero attached hydrogens (tertiary/aromatic N) is 1. The monoisotopic (exact) mass is 208 g/mol. The van der Waals surface area contributed by atoms with Crippen molar-refractivity contribution in [3.63, 3.8) is 0 Å². The van der Waals surface area contributed by atoms with Gasteiger partial charge in [-0.2, -0.15) is 0 Å². The topological polar surface area (TPSA) is 29.3 Å². The third-order valence-corrected chi connectivity index (χ3v) is 5.16. The smallest absolute Gasteiger partial charge is 0.0139 e. The summed E-state index contributed by atoms with van der Waals surface area (Å²) in [4.78, 5) is 2.84. The summed E-state index contributed by atoms with van der Waals surface area (Å²) in [6.45, 7) is 2.29. The molecule has 0 aromatic rings. The fraction of sp³-hybridized carbons (Fsp3) is 1.00. The Morgan fingerprint density at radius 1 is 0.933 bits per heavy atom. The molecular weight excluding hydrogens is 184 g/mol. The summed E-state index contributed by atoms with van der Waals surface area (Å²) in [5.74, 6) is 1.86. The SMILES string of the molecule is NCC1CCC1N1CCC2CCCCC21. The molecule has 2 heteroatoms. The van der Waals surface area contributed by atoms with E-state index >= 15 is 0 Å². The zero-order valence-corrected chi connectivity index (χ0v) is 9.70. The summed E-state index contributed by atoms with van der Waals surface area (Å²) < 4.78 is 0. The molecule has 0 amide bonds. The molecule has 2 nitrogen and oxygen atoms in total. The van der Waals surface area contributed by atoms with Gasteiger partial charge in [-0.05, 0) is 57.0 Å². The van der Waals surface area contributed by atoms with Gasteiger partial charge in [0.05, 0.1) is 0 Å². The Balaban J connectivity index is 1.66. The van der Waals surface area contributed by atoms with Crippen LogP contribution in [0.25, 0.3) is 0 Å². The first-order valence-electron chi connectivity index (χ1n) is 6.86. The highest BCUT2D eigenvalue weighted by molar-refractivity contribution is 4.98. The van der Waals surface area contributed by atoms with Gasteiger partial charge in [-0.3, -0.25) is 4.90 Å². The Morgan fingerprint density at radius 2 is 1.80 bits per heavy atom. The van der Waals surface area contributed by atoms with E-state index in [4.69, 9.17) is 5.73 Å². The fourth-order valence-electron chi connectivity index (χ4n) is 4.12. The minimum Gasteiger partial charge on any atom is -0.330 e. The van der Waals surface area contributed by atoms with E-state index in [-0.39, 0.29) is 0 Å². The number of hydrogen-bond donors (Lipinski definition) is 1. The van der Waals surface area contributed by atoms with Crippen molar-refractivity contribution in [2.75, 3.05) is 13.1 Å². The van der Waals surface area contributed by atoms with E-state index in [9.17, 15) is 0 Å². The molecule has 1 saturated heterocycles. The molecule has 2 N–H and O–H groups in total. The minimum atomic E-state index is 0.825. The van der Waals surface area contributed by atoms with Gasteiger partial charge in [-0.15, -0.1) is 0 Å². The molecule has 3 fully saturated rings. The minimum absolute atomic E-state index is 0.825. The quantitative estimate of drug-likeness (QED) is 0.752. The van der Waals surface area contributed by atoms with Gasteiger partial charge in [0.1, 0.15) is 0 Å². The van der Waals surface area contributed by atoms with E-state index < -0.39 is 0 Å². The lowest BCUT2D eigenvalue weighted by Crippen LogP contribution is -2.52. The van der Waals surface area contributed by atoms with Crippen molar-refractivity contribution in [1.29, 1.82) is 0 Å². The van der Waals surface area contributed by atoms with Crippen LogP contribution >= 0.6 is 0 Å². The molecular formula is C13H24N2. The van der Waals surface area contributed by atoms with Crippen LogP contribution < -0.4 is 5.73 Å². The van der Waals surface area contributed by atoms with Crippen LogP contribution in [0, 0.1) is 11.8 Å². The van der Waals surface area contributed by atoms with Gasteiger partial charge in [-0.25, -0.2) is 0 Å². The molecule has 2 aliphatic carbocycles. The first kappa shape index (κ1) is 10.1. The van der Waals surface area contributed by atoms with Crippen LogP contribution in [0.4, 0.5) is 0 Å². The van der Waals surface area contributed by atoms with Crippen molar-refractivity contribution in [2.24, 2.45) is 17.6 Å². The highest BCUT2D eigenvalue weighted by Crippen LogP contribution is 2.42. The summed E-state index contributed by atoms with van der Waals surface area (Å²) in [6, 6.07) is 1.81. The second-order valence-electron chi connectivity index (χ2n) is 5.78. The van der Waals surface area contributed by atoms with E-state index in [1.54, 1.807) is 0 Å². The fourth-order valence-corrected chi connectivity index (χ4v) is 4.12. The Labute approximate surface area is 93.2 Å². The average molecular weight is 208 g/mol. The number of likely N-dealkylation sites (tertiary alicyclic amines) is 1. The van der Waals surface area contributed by atoms with Crippen molar-refractivity contribution in [2.45, 2.75) is 57.0 Å². The summed E-state index contributed by atoms with van der Waals surface area (Å²) >= 11 is 0. The molecule has 86 valence electrons. The molecule has 2 saturated carbocycles. The summed E-state index contributed by atoms with van der Waals surface area (Å²) in [5.41, 5.74) is 5.83. The van der Waals surface area contributed by atoms with Crippen LogP contribution in [0.15, 0.2) is 0 Å². The molecule has 4 unspecified atom stereocenters. The number of fused-ring (bicyclic) bond motifs is 1. The Bertz CT molecular complexity index is 227.